The molecule has 0 saturated heterocycles. The average molecular weight is 288 g/mol. The maximum atomic E-state index is 12.5. The quantitative estimate of drug-likeness (QED) is 0.865. The van der Waals surface area contributed by atoms with Crippen LogP contribution in [0.4, 0.5) is 13.2 Å². The lowest BCUT2D eigenvalue weighted by Crippen LogP contribution is -2.50. The van der Waals surface area contributed by atoms with Crippen LogP contribution in [0.2, 0.25) is 0 Å². The van der Waals surface area contributed by atoms with Crippen molar-refractivity contribution in [2.45, 2.75) is 45.5 Å². The fourth-order valence-corrected chi connectivity index (χ4v) is 2.20. The van der Waals surface area contributed by atoms with Crippen molar-refractivity contribution in [3.05, 3.63) is 35.4 Å². The van der Waals surface area contributed by atoms with E-state index in [2.05, 4.69) is 18.7 Å². The van der Waals surface area contributed by atoms with Gasteiger partial charge >= 0.3 is 6.18 Å². The summed E-state index contributed by atoms with van der Waals surface area (Å²) in [6.45, 7) is 8.13. The van der Waals surface area contributed by atoms with Crippen molar-refractivity contribution in [3.63, 3.8) is 0 Å². The largest absolute Gasteiger partial charge is 0.416 e. The van der Waals surface area contributed by atoms with Crippen molar-refractivity contribution in [1.29, 1.82) is 0 Å². The highest BCUT2D eigenvalue weighted by molar-refractivity contribution is 5.24. The second-order valence-corrected chi connectivity index (χ2v) is 5.26. The minimum Gasteiger partial charge on any atom is -0.329 e. The third-order valence-corrected chi connectivity index (χ3v) is 4.00. The number of halogens is 3. The standard InChI is InChI=1S/C15H23F3N2/c1-4-14(3,11-19)20(5-2)10-12-6-8-13(9-7-12)15(16,17)18/h6-9H,4-5,10-11,19H2,1-3H3. The molecule has 2 nitrogen and oxygen atoms in total. The number of likely N-dealkylation sites (N-methyl/N-ethyl adjacent to an activating group) is 1. The Bertz CT molecular complexity index is 408. The Kier molecular flexibility index (Phi) is 5.59. The SMILES string of the molecule is CCN(Cc1ccc(C(F)(F)F)cc1)C(C)(CC)CN. The molecule has 0 bridgehead atoms. The number of nitrogens with two attached hydrogens (primary N) is 1. The van der Waals surface area contributed by atoms with Crippen molar-refractivity contribution in [2.75, 3.05) is 13.1 Å². The third-order valence-electron chi connectivity index (χ3n) is 4.00. The van der Waals surface area contributed by atoms with E-state index in [0.29, 0.717) is 13.1 Å². The lowest BCUT2D eigenvalue weighted by molar-refractivity contribution is -0.137. The van der Waals surface area contributed by atoms with E-state index in [1.54, 1.807) is 0 Å². The van der Waals surface area contributed by atoms with Crippen LogP contribution in [0, 0.1) is 0 Å². The molecule has 5 heteroatoms. The first-order valence-corrected chi connectivity index (χ1v) is 6.88. The summed E-state index contributed by atoms with van der Waals surface area (Å²) < 4.78 is 37.6. The van der Waals surface area contributed by atoms with E-state index in [1.807, 2.05) is 6.92 Å². The van der Waals surface area contributed by atoms with Crippen LogP contribution in [0.1, 0.15) is 38.3 Å². The van der Waals surface area contributed by atoms with Gasteiger partial charge in [0.2, 0.25) is 0 Å². The molecule has 0 aliphatic carbocycles. The summed E-state index contributed by atoms with van der Waals surface area (Å²) in [5.41, 5.74) is 5.97. The highest BCUT2D eigenvalue weighted by Crippen LogP contribution is 2.29. The van der Waals surface area contributed by atoms with Crippen LogP contribution in [-0.2, 0) is 12.7 Å². The van der Waals surface area contributed by atoms with Crippen LogP contribution in [-0.4, -0.2) is 23.5 Å². The van der Waals surface area contributed by atoms with Gasteiger partial charge < -0.3 is 5.73 Å². The number of benzene rings is 1. The number of nitrogens with zero attached hydrogens (tertiary/aromatic N) is 1. The molecule has 0 heterocycles. The number of hydrogen-bond donors (Lipinski definition) is 1. The number of alkyl halides is 3. The van der Waals surface area contributed by atoms with Gasteiger partial charge in [-0.3, -0.25) is 4.90 Å². The molecule has 20 heavy (non-hydrogen) atoms. The summed E-state index contributed by atoms with van der Waals surface area (Å²) in [5.74, 6) is 0. The summed E-state index contributed by atoms with van der Waals surface area (Å²) in [7, 11) is 0. The van der Waals surface area contributed by atoms with E-state index in [0.717, 1.165) is 30.7 Å². The van der Waals surface area contributed by atoms with Crippen LogP contribution in [0.15, 0.2) is 24.3 Å². The topological polar surface area (TPSA) is 29.3 Å². The molecule has 1 rings (SSSR count). The van der Waals surface area contributed by atoms with E-state index in [-0.39, 0.29) is 5.54 Å². The Morgan fingerprint density at radius 3 is 2.00 bits per heavy atom. The molecule has 0 amide bonds. The highest BCUT2D eigenvalue weighted by Gasteiger charge is 2.30. The molecule has 1 aromatic rings. The maximum absolute atomic E-state index is 12.5. The van der Waals surface area contributed by atoms with E-state index in [9.17, 15) is 13.2 Å². The van der Waals surface area contributed by atoms with Gasteiger partial charge in [0.15, 0.2) is 0 Å². The van der Waals surface area contributed by atoms with Gasteiger partial charge in [-0.15, -0.1) is 0 Å². The van der Waals surface area contributed by atoms with Crippen molar-refractivity contribution in [2.24, 2.45) is 5.73 Å². The van der Waals surface area contributed by atoms with Crippen LogP contribution in [0.25, 0.3) is 0 Å². The summed E-state index contributed by atoms with van der Waals surface area (Å²) in [6, 6.07) is 5.35. The predicted molar refractivity (Wildman–Crippen MR) is 75.3 cm³/mol. The third kappa shape index (κ3) is 3.96. The van der Waals surface area contributed by atoms with Crippen molar-refractivity contribution >= 4 is 0 Å². The summed E-state index contributed by atoms with van der Waals surface area (Å²) >= 11 is 0. The minimum absolute atomic E-state index is 0.128. The molecule has 0 saturated carbocycles. The lowest BCUT2D eigenvalue weighted by atomic mass is 9.95. The van der Waals surface area contributed by atoms with Gasteiger partial charge in [0, 0.05) is 18.6 Å². The van der Waals surface area contributed by atoms with Gasteiger partial charge in [-0.05, 0) is 37.6 Å². The molecular formula is C15H23F3N2. The molecule has 1 atom stereocenters. The fraction of sp³-hybridized carbons (Fsp3) is 0.600. The first kappa shape index (κ1) is 17.0. The first-order chi connectivity index (χ1) is 9.26. The normalized spacial score (nSPS) is 15.4. The van der Waals surface area contributed by atoms with E-state index < -0.39 is 11.7 Å². The molecule has 0 aliphatic heterocycles. The van der Waals surface area contributed by atoms with Crippen molar-refractivity contribution in [3.8, 4) is 0 Å². The van der Waals surface area contributed by atoms with E-state index in [1.165, 1.54) is 12.1 Å². The lowest BCUT2D eigenvalue weighted by Gasteiger charge is -2.39. The van der Waals surface area contributed by atoms with E-state index >= 15 is 0 Å². The van der Waals surface area contributed by atoms with E-state index in [4.69, 9.17) is 5.73 Å². The van der Waals surface area contributed by atoms with Crippen molar-refractivity contribution < 1.29 is 13.2 Å². The van der Waals surface area contributed by atoms with Crippen LogP contribution >= 0.6 is 0 Å². The zero-order valence-corrected chi connectivity index (χ0v) is 12.3. The zero-order valence-electron chi connectivity index (χ0n) is 12.3. The molecule has 114 valence electrons. The van der Waals surface area contributed by atoms with Gasteiger partial charge in [0.25, 0.3) is 0 Å². The highest BCUT2D eigenvalue weighted by atomic mass is 19.4. The molecule has 0 aliphatic rings. The number of hydrogen-bond acceptors (Lipinski definition) is 2. The molecule has 2 N–H and O–H groups in total. The first-order valence-electron chi connectivity index (χ1n) is 6.88. The average Bonchev–Trinajstić information content (AvgIpc) is 2.43. The zero-order chi connectivity index (χ0) is 15.4. The number of rotatable bonds is 6. The Hall–Kier alpha value is -1.07. The Balaban J connectivity index is 2.86. The Morgan fingerprint density at radius 1 is 1.10 bits per heavy atom. The Morgan fingerprint density at radius 2 is 1.65 bits per heavy atom. The smallest absolute Gasteiger partial charge is 0.329 e. The summed E-state index contributed by atoms with van der Waals surface area (Å²) in [4.78, 5) is 2.20. The fourth-order valence-electron chi connectivity index (χ4n) is 2.20. The van der Waals surface area contributed by atoms with Gasteiger partial charge in [-0.25, -0.2) is 0 Å². The van der Waals surface area contributed by atoms with Gasteiger partial charge in [-0.2, -0.15) is 13.2 Å². The summed E-state index contributed by atoms with van der Waals surface area (Å²) in [6.07, 6.45) is -3.38. The van der Waals surface area contributed by atoms with Crippen LogP contribution in [0.5, 0.6) is 0 Å². The molecular weight excluding hydrogens is 265 g/mol. The van der Waals surface area contributed by atoms with Crippen molar-refractivity contribution in [1.82, 2.24) is 4.90 Å². The van der Waals surface area contributed by atoms with Gasteiger partial charge in [0.1, 0.15) is 0 Å². The molecule has 0 fully saturated rings. The molecule has 0 spiro atoms. The van der Waals surface area contributed by atoms with Gasteiger partial charge in [0.05, 0.1) is 5.56 Å². The summed E-state index contributed by atoms with van der Waals surface area (Å²) in [5, 5.41) is 0. The monoisotopic (exact) mass is 288 g/mol. The molecule has 0 radical (unpaired) electrons. The van der Waals surface area contributed by atoms with Crippen LogP contribution in [0.3, 0.4) is 0 Å². The van der Waals surface area contributed by atoms with Gasteiger partial charge in [-0.1, -0.05) is 26.0 Å². The second-order valence-electron chi connectivity index (χ2n) is 5.26. The molecule has 1 unspecified atom stereocenters. The van der Waals surface area contributed by atoms with Crippen LogP contribution < -0.4 is 5.73 Å². The molecule has 0 aromatic heterocycles. The Labute approximate surface area is 118 Å². The second kappa shape index (κ2) is 6.59. The predicted octanol–water partition coefficient (Wildman–Crippen LogP) is 3.65. The minimum atomic E-state index is -4.28. The maximum Gasteiger partial charge on any atom is 0.416 e. The molecule has 1 aromatic carbocycles.